The third kappa shape index (κ3) is 4.18. The third-order valence-corrected chi connectivity index (χ3v) is 2.85. The molecule has 0 fully saturated rings. The summed E-state index contributed by atoms with van der Waals surface area (Å²) in [5.74, 6) is -0.389. The molecule has 0 aliphatic heterocycles. The number of hydrogen-bond acceptors (Lipinski definition) is 3. The number of carbonyl (C=O) groups excluding carboxylic acids is 1. The average molecular weight is 296 g/mol. The van der Waals surface area contributed by atoms with Crippen LogP contribution < -0.4 is 10.5 Å². The molecule has 0 saturated heterocycles. The molecule has 0 radical (unpaired) electrons. The van der Waals surface area contributed by atoms with E-state index < -0.39 is 5.91 Å². The maximum atomic E-state index is 12.9. The van der Waals surface area contributed by atoms with E-state index in [0.717, 1.165) is 5.56 Å². The first-order valence-corrected chi connectivity index (χ1v) is 6.47. The number of allylic oxidation sites excluding steroid dienone is 1. The normalized spacial score (nSPS) is 10.8. The number of carbonyl (C=O) groups is 1. The smallest absolute Gasteiger partial charge is 0.255 e. The molecule has 0 saturated carbocycles. The van der Waals surface area contributed by atoms with E-state index in [2.05, 4.69) is 6.07 Å². The zero-order chi connectivity index (χ0) is 15.9. The van der Waals surface area contributed by atoms with E-state index in [1.54, 1.807) is 42.5 Å². The van der Waals surface area contributed by atoms with E-state index >= 15 is 0 Å². The number of benzene rings is 2. The highest BCUT2D eigenvalue weighted by molar-refractivity contribution is 5.89. The van der Waals surface area contributed by atoms with Gasteiger partial charge in [-0.15, -0.1) is 0 Å². The number of halogens is 1. The highest BCUT2D eigenvalue weighted by Gasteiger charge is 2.02. The molecule has 0 unspecified atom stereocenters. The number of nitrogens with zero attached hydrogens (tertiary/aromatic N) is 1. The Bertz CT molecular complexity index is 729. The molecule has 2 N–H and O–H groups in total. The maximum Gasteiger partial charge on any atom is 0.255 e. The SMILES string of the molecule is N#C/C(=C\c1ccc(OCC(N)=O)cc1)c1ccc(F)cc1. The van der Waals surface area contributed by atoms with E-state index in [0.29, 0.717) is 16.9 Å². The molecule has 0 atom stereocenters. The van der Waals surface area contributed by atoms with Crippen molar-refractivity contribution < 1.29 is 13.9 Å². The zero-order valence-corrected chi connectivity index (χ0v) is 11.6. The molecule has 0 aliphatic carbocycles. The summed E-state index contributed by atoms with van der Waals surface area (Å²) in [4.78, 5) is 10.6. The van der Waals surface area contributed by atoms with Crippen LogP contribution in [0.3, 0.4) is 0 Å². The van der Waals surface area contributed by atoms with Crippen LogP contribution >= 0.6 is 0 Å². The summed E-state index contributed by atoms with van der Waals surface area (Å²) in [5.41, 5.74) is 6.84. The first kappa shape index (κ1) is 15.3. The summed E-state index contributed by atoms with van der Waals surface area (Å²) in [6.45, 7) is -0.186. The third-order valence-electron chi connectivity index (χ3n) is 2.85. The summed E-state index contributed by atoms with van der Waals surface area (Å²) < 4.78 is 18.1. The largest absolute Gasteiger partial charge is 0.484 e. The molecular weight excluding hydrogens is 283 g/mol. The Balaban J connectivity index is 2.18. The fraction of sp³-hybridized carbons (Fsp3) is 0.0588. The predicted octanol–water partition coefficient (Wildman–Crippen LogP) is 2.75. The zero-order valence-electron chi connectivity index (χ0n) is 11.6. The van der Waals surface area contributed by atoms with Crippen LogP contribution in [0.25, 0.3) is 11.6 Å². The molecule has 0 spiro atoms. The summed E-state index contributed by atoms with van der Waals surface area (Å²) >= 11 is 0. The monoisotopic (exact) mass is 296 g/mol. The van der Waals surface area contributed by atoms with Crippen molar-refractivity contribution in [1.82, 2.24) is 0 Å². The van der Waals surface area contributed by atoms with Crippen LogP contribution in [0.1, 0.15) is 11.1 Å². The quantitative estimate of drug-likeness (QED) is 0.681. The number of nitrogens with two attached hydrogens (primary N) is 1. The minimum absolute atomic E-state index is 0.186. The van der Waals surface area contributed by atoms with Gasteiger partial charge in [0.25, 0.3) is 5.91 Å². The van der Waals surface area contributed by atoms with Crippen LogP contribution in [-0.2, 0) is 4.79 Å². The van der Waals surface area contributed by atoms with Crippen LogP contribution in [0.2, 0.25) is 0 Å². The Morgan fingerprint density at radius 2 is 1.82 bits per heavy atom. The van der Waals surface area contributed by atoms with E-state index in [-0.39, 0.29) is 12.4 Å². The Kier molecular flexibility index (Phi) is 4.89. The van der Waals surface area contributed by atoms with E-state index in [1.807, 2.05) is 0 Å². The molecule has 1 amide bonds. The highest BCUT2D eigenvalue weighted by Crippen LogP contribution is 2.20. The molecule has 0 bridgehead atoms. The van der Waals surface area contributed by atoms with Crippen LogP contribution in [0.15, 0.2) is 48.5 Å². The lowest BCUT2D eigenvalue weighted by Crippen LogP contribution is -2.19. The van der Waals surface area contributed by atoms with Crippen LogP contribution in [0.4, 0.5) is 4.39 Å². The minimum atomic E-state index is -0.549. The molecule has 110 valence electrons. The molecule has 0 heterocycles. The Morgan fingerprint density at radius 3 is 2.36 bits per heavy atom. The Hall–Kier alpha value is -3.13. The summed E-state index contributed by atoms with van der Waals surface area (Å²) in [7, 11) is 0. The highest BCUT2D eigenvalue weighted by atomic mass is 19.1. The molecule has 2 rings (SSSR count). The lowest BCUT2D eigenvalue weighted by molar-refractivity contribution is -0.119. The maximum absolute atomic E-state index is 12.9. The second-order valence-electron chi connectivity index (χ2n) is 4.50. The van der Waals surface area contributed by atoms with Gasteiger partial charge in [-0.1, -0.05) is 24.3 Å². The molecule has 2 aromatic rings. The van der Waals surface area contributed by atoms with Crippen molar-refractivity contribution in [3.8, 4) is 11.8 Å². The number of rotatable bonds is 5. The molecule has 22 heavy (non-hydrogen) atoms. The van der Waals surface area contributed by atoms with E-state index in [4.69, 9.17) is 10.5 Å². The van der Waals surface area contributed by atoms with Crippen LogP contribution in [-0.4, -0.2) is 12.5 Å². The van der Waals surface area contributed by atoms with Gasteiger partial charge in [0.05, 0.1) is 11.6 Å². The van der Waals surface area contributed by atoms with Gasteiger partial charge in [0.1, 0.15) is 11.6 Å². The standard InChI is InChI=1S/C17H13FN2O2/c18-15-5-3-13(4-6-15)14(10-19)9-12-1-7-16(8-2-12)22-11-17(20)21/h1-9H,11H2,(H2,20,21)/b14-9+. The fourth-order valence-corrected chi connectivity index (χ4v) is 1.79. The van der Waals surface area contributed by atoms with Crippen molar-refractivity contribution in [3.63, 3.8) is 0 Å². The lowest BCUT2D eigenvalue weighted by atomic mass is 10.0. The molecule has 2 aromatic carbocycles. The fourth-order valence-electron chi connectivity index (χ4n) is 1.79. The second-order valence-corrected chi connectivity index (χ2v) is 4.50. The Morgan fingerprint density at radius 1 is 1.18 bits per heavy atom. The number of hydrogen-bond donors (Lipinski definition) is 1. The number of primary amides is 1. The molecule has 4 nitrogen and oxygen atoms in total. The Labute approximate surface area is 127 Å². The molecular formula is C17H13FN2O2. The van der Waals surface area contributed by atoms with Gasteiger partial charge in [-0.2, -0.15) is 5.26 Å². The van der Waals surface area contributed by atoms with Gasteiger partial charge in [0, 0.05) is 0 Å². The number of amides is 1. The minimum Gasteiger partial charge on any atom is -0.484 e. The van der Waals surface area contributed by atoms with Crippen LogP contribution in [0.5, 0.6) is 5.75 Å². The first-order valence-electron chi connectivity index (χ1n) is 6.47. The van der Waals surface area contributed by atoms with Crippen molar-refractivity contribution in [2.24, 2.45) is 5.73 Å². The lowest BCUT2D eigenvalue weighted by Gasteiger charge is -2.04. The van der Waals surface area contributed by atoms with Crippen molar-refractivity contribution in [2.75, 3.05) is 6.61 Å². The number of nitriles is 1. The van der Waals surface area contributed by atoms with Gasteiger partial charge in [-0.05, 0) is 41.5 Å². The van der Waals surface area contributed by atoms with Crippen LogP contribution in [0, 0.1) is 17.1 Å². The number of ether oxygens (including phenoxy) is 1. The summed E-state index contributed by atoms with van der Waals surface area (Å²) in [5, 5.41) is 9.22. The summed E-state index contributed by atoms with van der Waals surface area (Å²) in [6.07, 6.45) is 1.69. The molecule has 5 heteroatoms. The van der Waals surface area contributed by atoms with Crippen molar-refractivity contribution in [2.45, 2.75) is 0 Å². The first-order chi connectivity index (χ1) is 10.6. The van der Waals surface area contributed by atoms with Gasteiger partial charge >= 0.3 is 0 Å². The summed E-state index contributed by atoms with van der Waals surface area (Å²) in [6, 6.07) is 14.6. The second kappa shape index (κ2) is 7.04. The van der Waals surface area contributed by atoms with Gasteiger partial charge in [-0.3, -0.25) is 4.79 Å². The van der Waals surface area contributed by atoms with Crippen molar-refractivity contribution in [3.05, 3.63) is 65.5 Å². The van der Waals surface area contributed by atoms with Gasteiger partial charge < -0.3 is 10.5 Å². The van der Waals surface area contributed by atoms with Crippen molar-refractivity contribution >= 4 is 17.6 Å². The van der Waals surface area contributed by atoms with Gasteiger partial charge in [0.2, 0.25) is 0 Å². The van der Waals surface area contributed by atoms with Gasteiger partial charge in [-0.25, -0.2) is 4.39 Å². The molecule has 0 aromatic heterocycles. The predicted molar refractivity (Wildman–Crippen MR) is 81.0 cm³/mol. The van der Waals surface area contributed by atoms with E-state index in [9.17, 15) is 14.4 Å². The van der Waals surface area contributed by atoms with E-state index in [1.165, 1.54) is 12.1 Å². The average Bonchev–Trinajstić information content (AvgIpc) is 2.52. The van der Waals surface area contributed by atoms with Crippen molar-refractivity contribution in [1.29, 1.82) is 5.26 Å². The topological polar surface area (TPSA) is 76.1 Å². The molecule has 0 aliphatic rings. The van der Waals surface area contributed by atoms with Gasteiger partial charge in [0.15, 0.2) is 6.61 Å².